The van der Waals surface area contributed by atoms with Gasteiger partial charge in [-0.05, 0) is 74.5 Å². The highest BCUT2D eigenvalue weighted by atomic mass is 35.5. The molecule has 5 nitrogen and oxygen atoms in total. The van der Waals surface area contributed by atoms with Crippen LogP contribution in [0.5, 0.6) is 0 Å². The van der Waals surface area contributed by atoms with E-state index in [1.807, 2.05) is 0 Å². The van der Waals surface area contributed by atoms with E-state index in [1.54, 1.807) is 24.3 Å². The zero-order valence-corrected chi connectivity index (χ0v) is 14.1. The van der Waals surface area contributed by atoms with Gasteiger partial charge in [0.05, 0.1) is 5.41 Å². The largest absolute Gasteiger partial charge is 0.436 e. The third kappa shape index (κ3) is 2.97. The van der Waals surface area contributed by atoms with Gasteiger partial charge in [0.15, 0.2) is 0 Å². The summed E-state index contributed by atoms with van der Waals surface area (Å²) in [7, 11) is 0. The quantitative estimate of drug-likeness (QED) is 0.789. The Labute approximate surface area is 146 Å². The van der Waals surface area contributed by atoms with Crippen molar-refractivity contribution in [3.63, 3.8) is 0 Å². The molecule has 2 N–H and O–H groups in total. The van der Waals surface area contributed by atoms with Gasteiger partial charge in [-0.3, -0.25) is 10.1 Å². The second kappa shape index (κ2) is 5.96. The summed E-state index contributed by atoms with van der Waals surface area (Å²) < 4.78 is 0. The van der Waals surface area contributed by atoms with Crippen molar-refractivity contribution < 1.29 is 14.4 Å². The number of amides is 2. The third-order valence-corrected chi connectivity index (χ3v) is 6.06. The SMILES string of the molecule is O=C(Nc1cccc(Cl)c1)ONC(=O)C12CC3CC(CC(C3)C1)C2. The minimum absolute atomic E-state index is 0.136. The average molecular weight is 349 g/mol. The molecule has 5 rings (SSSR count). The predicted octanol–water partition coefficient (Wildman–Crippen LogP) is 4.14. The Morgan fingerprint density at radius 2 is 1.71 bits per heavy atom. The van der Waals surface area contributed by atoms with Crippen LogP contribution in [0, 0.1) is 23.2 Å². The van der Waals surface area contributed by atoms with Gasteiger partial charge < -0.3 is 4.84 Å². The molecule has 4 aliphatic carbocycles. The first kappa shape index (κ1) is 15.8. The van der Waals surface area contributed by atoms with E-state index < -0.39 is 6.09 Å². The summed E-state index contributed by atoms with van der Waals surface area (Å²) in [6, 6.07) is 6.76. The summed E-state index contributed by atoms with van der Waals surface area (Å²) in [5, 5.41) is 3.07. The van der Waals surface area contributed by atoms with E-state index >= 15 is 0 Å². The van der Waals surface area contributed by atoms with Crippen LogP contribution in [0.25, 0.3) is 0 Å². The maximum Gasteiger partial charge on any atom is 0.436 e. The number of halogens is 1. The Hall–Kier alpha value is -1.75. The monoisotopic (exact) mass is 348 g/mol. The molecule has 24 heavy (non-hydrogen) atoms. The van der Waals surface area contributed by atoms with Crippen LogP contribution >= 0.6 is 11.6 Å². The van der Waals surface area contributed by atoms with E-state index in [9.17, 15) is 9.59 Å². The van der Waals surface area contributed by atoms with E-state index in [0.29, 0.717) is 28.5 Å². The van der Waals surface area contributed by atoms with Crippen molar-refractivity contribution in [1.29, 1.82) is 0 Å². The Balaban J connectivity index is 1.34. The number of rotatable bonds is 2. The molecule has 6 heteroatoms. The van der Waals surface area contributed by atoms with Crippen molar-refractivity contribution in [2.24, 2.45) is 23.2 Å². The molecule has 4 aliphatic rings. The van der Waals surface area contributed by atoms with Crippen LogP contribution in [0.15, 0.2) is 24.3 Å². The first-order valence-electron chi connectivity index (χ1n) is 8.56. The second-order valence-corrected chi connectivity index (χ2v) is 8.09. The lowest BCUT2D eigenvalue weighted by Crippen LogP contribution is -2.53. The second-order valence-electron chi connectivity index (χ2n) is 7.65. The summed E-state index contributed by atoms with van der Waals surface area (Å²) in [5.41, 5.74) is 2.59. The van der Waals surface area contributed by atoms with Crippen molar-refractivity contribution in [3.05, 3.63) is 29.3 Å². The normalized spacial score (nSPS) is 33.1. The average Bonchev–Trinajstić information content (AvgIpc) is 2.51. The molecular weight excluding hydrogens is 328 g/mol. The van der Waals surface area contributed by atoms with Crippen LogP contribution in [-0.4, -0.2) is 12.0 Å². The highest BCUT2D eigenvalue weighted by Crippen LogP contribution is 2.60. The molecule has 0 heterocycles. The first-order chi connectivity index (χ1) is 11.5. The van der Waals surface area contributed by atoms with E-state index in [2.05, 4.69) is 10.8 Å². The molecule has 0 atom stereocenters. The van der Waals surface area contributed by atoms with Crippen LogP contribution in [0.2, 0.25) is 5.02 Å². The van der Waals surface area contributed by atoms with Gasteiger partial charge in [-0.2, -0.15) is 5.48 Å². The topological polar surface area (TPSA) is 67.4 Å². The number of carbonyl (C=O) groups is 2. The Morgan fingerprint density at radius 1 is 1.08 bits per heavy atom. The molecular formula is C18H21ClN2O3. The Bertz CT molecular complexity index is 641. The van der Waals surface area contributed by atoms with E-state index in [-0.39, 0.29) is 11.3 Å². The van der Waals surface area contributed by atoms with E-state index in [0.717, 1.165) is 19.3 Å². The molecule has 1 aromatic rings. The van der Waals surface area contributed by atoms with Gasteiger partial charge in [0.1, 0.15) is 0 Å². The Kier molecular flexibility index (Phi) is 3.91. The van der Waals surface area contributed by atoms with Gasteiger partial charge in [-0.25, -0.2) is 4.79 Å². The fourth-order valence-electron chi connectivity index (χ4n) is 5.30. The number of anilines is 1. The van der Waals surface area contributed by atoms with Crippen LogP contribution in [0.3, 0.4) is 0 Å². The highest BCUT2D eigenvalue weighted by molar-refractivity contribution is 6.30. The molecule has 0 aliphatic heterocycles. The molecule has 4 saturated carbocycles. The number of carbonyl (C=O) groups excluding carboxylic acids is 2. The maximum absolute atomic E-state index is 12.7. The van der Waals surface area contributed by atoms with Crippen LogP contribution in [-0.2, 0) is 9.63 Å². The summed E-state index contributed by atoms with van der Waals surface area (Å²) in [5.74, 6) is 1.87. The van der Waals surface area contributed by atoms with Gasteiger partial charge in [0, 0.05) is 10.7 Å². The molecule has 0 saturated heterocycles. The predicted molar refractivity (Wildman–Crippen MR) is 90.3 cm³/mol. The van der Waals surface area contributed by atoms with Gasteiger partial charge >= 0.3 is 6.09 Å². The standard InChI is InChI=1S/C18H21ClN2O3/c19-14-2-1-3-15(7-14)20-17(23)24-21-16(22)18-8-11-4-12(9-18)6-13(5-11)10-18/h1-3,7,11-13H,4-6,8-10H2,(H,20,23)(H,21,22). The lowest BCUT2D eigenvalue weighted by Gasteiger charge is -2.55. The third-order valence-electron chi connectivity index (χ3n) is 5.83. The van der Waals surface area contributed by atoms with Gasteiger partial charge in [0.25, 0.3) is 5.91 Å². The van der Waals surface area contributed by atoms with E-state index in [4.69, 9.17) is 16.4 Å². The van der Waals surface area contributed by atoms with Crippen molar-refractivity contribution in [2.45, 2.75) is 38.5 Å². The number of hydrogen-bond acceptors (Lipinski definition) is 3. The molecule has 128 valence electrons. The summed E-state index contributed by atoms with van der Waals surface area (Å²) in [4.78, 5) is 29.5. The number of hydrogen-bond donors (Lipinski definition) is 2. The summed E-state index contributed by atoms with van der Waals surface area (Å²) in [6.45, 7) is 0. The molecule has 0 aromatic heterocycles. The minimum Gasteiger partial charge on any atom is -0.321 e. The Morgan fingerprint density at radius 3 is 2.29 bits per heavy atom. The number of hydroxylamine groups is 1. The molecule has 0 radical (unpaired) electrons. The zero-order valence-electron chi connectivity index (χ0n) is 13.4. The molecule has 4 fully saturated rings. The van der Waals surface area contributed by atoms with Crippen LogP contribution in [0.4, 0.5) is 10.5 Å². The van der Waals surface area contributed by atoms with E-state index in [1.165, 1.54) is 19.3 Å². The fraction of sp³-hybridized carbons (Fsp3) is 0.556. The van der Waals surface area contributed by atoms with Crippen molar-refractivity contribution in [1.82, 2.24) is 5.48 Å². The van der Waals surface area contributed by atoms with Crippen LogP contribution in [0.1, 0.15) is 38.5 Å². The molecule has 1 aromatic carbocycles. The van der Waals surface area contributed by atoms with Gasteiger partial charge in [-0.1, -0.05) is 17.7 Å². The summed E-state index contributed by atoms with van der Waals surface area (Å²) >= 11 is 5.87. The first-order valence-corrected chi connectivity index (χ1v) is 8.94. The van der Waals surface area contributed by atoms with Crippen molar-refractivity contribution in [2.75, 3.05) is 5.32 Å². The molecule has 0 spiro atoms. The van der Waals surface area contributed by atoms with Gasteiger partial charge in [-0.15, -0.1) is 0 Å². The van der Waals surface area contributed by atoms with Crippen LogP contribution < -0.4 is 10.8 Å². The number of benzene rings is 1. The lowest BCUT2D eigenvalue weighted by molar-refractivity contribution is -0.154. The molecule has 2 amide bonds. The zero-order chi connectivity index (χ0) is 16.7. The minimum atomic E-state index is -0.713. The number of nitrogens with one attached hydrogen (secondary N) is 2. The molecule has 0 unspecified atom stereocenters. The molecule has 4 bridgehead atoms. The maximum atomic E-state index is 12.7. The van der Waals surface area contributed by atoms with Crippen molar-refractivity contribution >= 4 is 29.3 Å². The van der Waals surface area contributed by atoms with Crippen molar-refractivity contribution in [3.8, 4) is 0 Å². The highest BCUT2D eigenvalue weighted by Gasteiger charge is 2.54. The lowest BCUT2D eigenvalue weighted by atomic mass is 9.49. The van der Waals surface area contributed by atoms with Gasteiger partial charge in [0.2, 0.25) is 0 Å². The summed E-state index contributed by atoms with van der Waals surface area (Å²) in [6.07, 6.45) is 5.89. The fourth-order valence-corrected chi connectivity index (χ4v) is 5.49. The smallest absolute Gasteiger partial charge is 0.321 e.